The lowest BCUT2D eigenvalue weighted by atomic mass is 10.3. The molecular formula is C14H18FN3O3S. The van der Waals surface area contributed by atoms with E-state index in [9.17, 15) is 17.6 Å². The molecule has 0 spiro atoms. The van der Waals surface area contributed by atoms with Crippen LogP contribution in [0.15, 0.2) is 29.4 Å². The first kappa shape index (κ1) is 16.4. The predicted molar refractivity (Wildman–Crippen MR) is 82.6 cm³/mol. The number of hydrogen-bond acceptors (Lipinski definition) is 4. The molecule has 1 aromatic rings. The molecule has 8 heteroatoms. The molecule has 0 radical (unpaired) electrons. The van der Waals surface area contributed by atoms with Gasteiger partial charge in [-0.3, -0.25) is 9.10 Å². The summed E-state index contributed by atoms with van der Waals surface area (Å²) >= 11 is 0. The maximum absolute atomic E-state index is 12.9. The minimum atomic E-state index is -3.66. The Morgan fingerprint density at radius 1 is 1.27 bits per heavy atom. The van der Waals surface area contributed by atoms with E-state index in [0.717, 1.165) is 54.1 Å². The SMILES string of the molecule is CS(=O)(=O)N(CC(=O)NN=C1CCCC1)c1ccc(F)cc1. The van der Waals surface area contributed by atoms with Crippen LogP contribution in [-0.2, 0) is 14.8 Å². The smallest absolute Gasteiger partial charge is 0.260 e. The molecule has 6 nitrogen and oxygen atoms in total. The number of hydrogen-bond donors (Lipinski definition) is 1. The van der Waals surface area contributed by atoms with Crippen molar-refractivity contribution in [2.45, 2.75) is 25.7 Å². The minimum absolute atomic E-state index is 0.229. The van der Waals surface area contributed by atoms with Gasteiger partial charge in [0.15, 0.2) is 0 Å². The lowest BCUT2D eigenvalue weighted by molar-refractivity contribution is -0.119. The molecule has 1 fully saturated rings. The number of carbonyl (C=O) groups excluding carboxylic acids is 1. The van der Waals surface area contributed by atoms with Crippen LogP contribution >= 0.6 is 0 Å². The molecule has 0 atom stereocenters. The Morgan fingerprint density at radius 2 is 1.86 bits per heavy atom. The zero-order valence-electron chi connectivity index (χ0n) is 12.3. The van der Waals surface area contributed by atoms with Crippen LogP contribution < -0.4 is 9.73 Å². The van der Waals surface area contributed by atoms with Gasteiger partial charge in [-0.15, -0.1) is 0 Å². The highest BCUT2D eigenvalue weighted by atomic mass is 32.2. The number of sulfonamides is 1. The van der Waals surface area contributed by atoms with Crippen molar-refractivity contribution in [3.8, 4) is 0 Å². The molecule has 1 saturated carbocycles. The number of halogens is 1. The van der Waals surface area contributed by atoms with Crippen molar-refractivity contribution < 1.29 is 17.6 Å². The minimum Gasteiger partial charge on any atom is -0.271 e. The average molecular weight is 327 g/mol. The molecule has 120 valence electrons. The highest BCUT2D eigenvalue weighted by Gasteiger charge is 2.21. The molecule has 1 aromatic carbocycles. The Morgan fingerprint density at radius 3 is 2.41 bits per heavy atom. The van der Waals surface area contributed by atoms with Gasteiger partial charge in [0.05, 0.1) is 11.9 Å². The van der Waals surface area contributed by atoms with E-state index in [-0.39, 0.29) is 5.69 Å². The van der Waals surface area contributed by atoms with Gasteiger partial charge in [-0.25, -0.2) is 18.2 Å². The van der Waals surface area contributed by atoms with Gasteiger partial charge in [-0.1, -0.05) is 0 Å². The van der Waals surface area contributed by atoms with Gasteiger partial charge in [0, 0.05) is 5.71 Å². The number of anilines is 1. The van der Waals surface area contributed by atoms with Crippen molar-refractivity contribution in [3.05, 3.63) is 30.1 Å². The quantitative estimate of drug-likeness (QED) is 0.835. The predicted octanol–water partition coefficient (Wildman–Crippen LogP) is 1.64. The van der Waals surface area contributed by atoms with E-state index >= 15 is 0 Å². The Bertz CT molecular complexity index is 663. The summed E-state index contributed by atoms with van der Waals surface area (Å²) in [6.45, 7) is -0.402. The van der Waals surface area contributed by atoms with Crippen LogP contribution in [0.4, 0.5) is 10.1 Å². The van der Waals surface area contributed by atoms with Crippen molar-refractivity contribution in [1.29, 1.82) is 0 Å². The molecule has 22 heavy (non-hydrogen) atoms. The molecule has 0 unspecified atom stereocenters. The molecule has 0 saturated heterocycles. The van der Waals surface area contributed by atoms with Crippen molar-refractivity contribution in [3.63, 3.8) is 0 Å². The maximum Gasteiger partial charge on any atom is 0.260 e. The fourth-order valence-corrected chi connectivity index (χ4v) is 3.07. The number of rotatable bonds is 5. The van der Waals surface area contributed by atoms with Gasteiger partial charge in [0.2, 0.25) is 10.0 Å². The number of hydrazone groups is 1. The number of nitrogens with zero attached hydrogens (tertiary/aromatic N) is 2. The van der Waals surface area contributed by atoms with Gasteiger partial charge in [0.1, 0.15) is 12.4 Å². The largest absolute Gasteiger partial charge is 0.271 e. The third-order valence-corrected chi connectivity index (χ3v) is 4.46. The van der Waals surface area contributed by atoms with Crippen LogP contribution in [0, 0.1) is 5.82 Å². The zero-order chi connectivity index (χ0) is 16.2. The van der Waals surface area contributed by atoms with E-state index < -0.39 is 28.3 Å². The molecule has 1 amide bonds. The summed E-state index contributed by atoms with van der Waals surface area (Å²) in [6.07, 6.45) is 4.81. The topological polar surface area (TPSA) is 78.8 Å². The summed E-state index contributed by atoms with van der Waals surface area (Å²) in [6, 6.07) is 4.91. The van der Waals surface area contributed by atoms with Crippen LogP contribution in [0.2, 0.25) is 0 Å². The van der Waals surface area contributed by atoms with E-state index in [0.29, 0.717) is 0 Å². The summed E-state index contributed by atoms with van der Waals surface area (Å²) in [7, 11) is -3.66. The van der Waals surface area contributed by atoms with Crippen molar-refractivity contribution in [2.24, 2.45) is 5.10 Å². The third kappa shape index (κ3) is 4.52. The van der Waals surface area contributed by atoms with Crippen molar-refractivity contribution in [1.82, 2.24) is 5.43 Å². The van der Waals surface area contributed by atoms with E-state index in [1.807, 2.05) is 0 Å². The lowest BCUT2D eigenvalue weighted by Gasteiger charge is -2.21. The van der Waals surface area contributed by atoms with Gasteiger partial charge < -0.3 is 0 Å². The monoisotopic (exact) mass is 327 g/mol. The molecule has 2 rings (SSSR count). The van der Waals surface area contributed by atoms with Gasteiger partial charge in [-0.05, 0) is 49.9 Å². The van der Waals surface area contributed by atoms with Gasteiger partial charge in [0.25, 0.3) is 5.91 Å². The summed E-state index contributed by atoms with van der Waals surface area (Å²) < 4.78 is 37.5. The maximum atomic E-state index is 12.9. The van der Waals surface area contributed by atoms with Crippen LogP contribution in [0.25, 0.3) is 0 Å². The fraction of sp³-hybridized carbons (Fsp3) is 0.429. The summed E-state index contributed by atoms with van der Waals surface area (Å²) in [5, 5.41) is 4.00. The highest BCUT2D eigenvalue weighted by molar-refractivity contribution is 7.92. The van der Waals surface area contributed by atoms with Gasteiger partial charge in [-0.2, -0.15) is 5.10 Å². The molecule has 1 aliphatic rings. The zero-order valence-corrected chi connectivity index (χ0v) is 13.1. The molecule has 1 aliphatic carbocycles. The first-order chi connectivity index (χ1) is 10.4. The Labute approximate surface area is 129 Å². The number of benzene rings is 1. The molecule has 0 heterocycles. The van der Waals surface area contributed by atoms with E-state index in [1.165, 1.54) is 12.1 Å². The van der Waals surface area contributed by atoms with Crippen LogP contribution in [0.3, 0.4) is 0 Å². The Balaban J connectivity index is 2.08. The van der Waals surface area contributed by atoms with Crippen LogP contribution in [0.5, 0.6) is 0 Å². The lowest BCUT2D eigenvalue weighted by Crippen LogP contribution is -2.39. The van der Waals surface area contributed by atoms with Crippen molar-refractivity contribution >= 4 is 27.3 Å². The molecule has 1 N–H and O–H groups in total. The number of amides is 1. The third-order valence-electron chi connectivity index (χ3n) is 3.32. The number of nitrogens with one attached hydrogen (secondary N) is 1. The van der Waals surface area contributed by atoms with E-state index in [4.69, 9.17) is 0 Å². The first-order valence-electron chi connectivity index (χ1n) is 6.94. The second-order valence-electron chi connectivity index (χ2n) is 5.17. The second kappa shape index (κ2) is 6.87. The van der Waals surface area contributed by atoms with Gasteiger partial charge >= 0.3 is 0 Å². The molecule has 0 aromatic heterocycles. The van der Waals surface area contributed by atoms with E-state index in [2.05, 4.69) is 10.5 Å². The normalized spacial score (nSPS) is 14.7. The molecule has 0 bridgehead atoms. The second-order valence-corrected chi connectivity index (χ2v) is 7.07. The summed E-state index contributed by atoms with van der Waals surface area (Å²) in [5.74, 6) is -1.01. The standard InChI is InChI=1S/C14H18FN3O3S/c1-22(20,21)18(13-8-6-11(15)7-9-13)10-14(19)17-16-12-4-2-3-5-12/h6-9H,2-5,10H2,1H3,(H,17,19). The van der Waals surface area contributed by atoms with E-state index in [1.54, 1.807) is 0 Å². The highest BCUT2D eigenvalue weighted by Crippen LogP contribution is 2.18. The summed E-state index contributed by atoms with van der Waals surface area (Å²) in [5.41, 5.74) is 3.52. The average Bonchev–Trinajstić information content (AvgIpc) is 2.96. The Kier molecular flexibility index (Phi) is 5.12. The van der Waals surface area contributed by atoms with Crippen LogP contribution in [0.1, 0.15) is 25.7 Å². The number of carbonyl (C=O) groups is 1. The molecule has 0 aliphatic heterocycles. The fourth-order valence-electron chi connectivity index (χ4n) is 2.21. The Hall–Kier alpha value is -1.96. The molecular weight excluding hydrogens is 309 g/mol. The summed E-state index contributed by atoms with van der Waals surface area (Å²) in [4.78, 5) is 11.9. The van der Waals surface area contributed by atoms with Crippen LogP contribution in [-0.4, -0.2) is 32.8 Å². The first-order valence-corrected chi connectivity index (χ1v) is 8.78. The van der Waals surface area contributed by atoms with Crippen molar-refractivity contribution in [2.75, 3.05) is 17.1 Å².